The fourth-order valence-corrected chi connectivity index (χ4v) is 14.2. The monoisotopic (exact) mass is 913 g/mol. The summed E-state index contributed by atoms with van der Waals surface area (Å²) in [6.45, 7) is 13.7. The lowest BCUT2D eigenvalue weighted by Gasteiger charge is -2.70. The van der Waals surface area contributed by atoms with Gasteiger partial charge in [0.2, 0.25) is 0 Å². The van der Waals surface area contributed by atoms with Crippen LogP contribution in [0.3, 0.4) is 0 Å². The summed E-state index contributed by atoms with van der Waals surface area (Å²) in [5.74, 6) is 0.0538. The highest BCUT2D eigenvalue weighted by molar-refractivity contribution is 5.47. The lowest BCUT2D eigenvalue weighted by molar-refractivity contribution is -0.386. The molecule has 0 amide bonds. The van der Waals surface area contributed by atoms with E-state index in [2.05, 4.69) is 46.8 Å². The zero-order valence-electron chi connectivity index (χ0n) is 38.4. The minimum absolute atomic E-state index is 0.0346. The van der Waals surface area contributed by atoms with Gasteiger partial charge in [-0.1, -0.05) is 59.3 Å². The summed E-state index contributed by atoms with van der Waals surface area (Å²) in [6, 6.07) is 0. The van der Waals surface area contributed by atoms with Crippen LogP contribution in [0.1, 0.15) is 99.8 Å². The number of rotatable bonds is 9. The van der Waals surface area contributed by atoms with Crippen molar-refractivity contribution in [2.24, 2.45) is 44.3 Å². The van der Waals surface area contributed by atoms with E-state index >= 15 is 0 Å². The molecular weight excluding hydrogens is 837 g/mol. The summed E-state index contributed by atoms with van der Waals surface area (Å²) in [4.78, 5) is 0. The van der Waals surface area contributed by atoms with Crippen molar-refractivity contribution in [3.05, 3.63) is 23.3 Å². The molecule has 17 heteroatoms. The number of hydrogen-bond acceptors (Lipinski definition) is 17. The van der Waals surface area contributed by atoms with E-state index in [1.165, 1.54) is 11.1 Å². The second-order valence-corrected chi connectivity index (χ2v) is 22.6. The number of ether oxygens (including phenoxy) is 6. The molecule has 3 saturated carbocycles. The van der Waals surface area contributed by atoms with E-state index in [4.69, 9.17) is 28.4 Å². The maximum Gasteiger partial charge on any atom is 0.187 e. The molecule has 17 nitrogen and oxygen atoms in total. The van der Waals surface area contributed by atoms with Crippen molar-refractivity contribution in [1.82, 2.24) is 0 Å². The largest absolute Gasteiger partial charge is 0.396 e. The van der Waals surface area contributed by atoms with Gasteiger partial charge in [-0.15, -0.1) is 0 Å². The van der Waals surface area contributed by atoms with Crippen molar-refractivity contribution in [1.29, 1.82) is 0 Å². The van der Waals surface area contributed by atoms with E-state index in [1.807, 2.05) is 6.92 Å². The lowest BCUT2D eigenvalue weighted by Crippen LogP contribution is -2.67. The smallest absolute Gasteiger partial charge is 0.187 e. The molecule has 0 aromatic heterocycles. The van der Waals surface area contributed by atoms with Crippen LogP contribution in [0.25, 0.3) is 0 Å². The van der Waals surface area contributed by atoms with Gasteiger partial charge in [-0.2, -0.15) is 0 Å². The third-order valence-electron chi connectivity index (χ3n) is 18.6. The Kier molecular flexibility index (Phi) is 13.3. The highest BCUT2D eigenvalue weighted by Gasteiger charge is 2.69. The number of allylic oxidation sites excluding steroid dienone is 3. The first kappa shape index (κ1) is 49.2. The molecule has 6 fully saturated rings. The minimum Gasteiger partial charge on any atom is -0.396 e. The third kappa shape index (κ3) is 7.45. The van der Waals surface area contributed by atoms with Crippen molar-refractivity contribution in [2.75, 3.05) is 26.4 Å². The molecule has 0 bridgehead atoms. The number of aliphatic hydroxyl groups is 11. The Bertz CT molecular complexity index is 1760. The van der Waals surface area contributed by atoms with E-state index in [1.54, 1.807) is 6.92 Å². The molecule has 64 heavy (non-hydrogen) atoms. The molecule has 8 rings (SSSR count). The number of aliphatic hydroxyl groups excluding tert-OH is 11. The molecule has 3 aliphatic heterocycles. The molecule has 0 spiro atoms. The van der Waals surface area contributed by atoms with Gasteiger partial charge in [-0.25, -0.2) is 0 Å². The summed E-state index contributed by atoms with van der Waals surface area (Å²) in [7, 11) is 0. The van der Waals surface area contributed by atoms with Crippen molar-refractivity contribution < 1.29 is 84.6 Å². The van der Waals surface area contributed by atoms with Crippen LogP contribution >= 0.6 is 0 Å². The fourth-order valence-electron chi connectivity index (χ4n) is 14.2. The predicted octanol–water partition coefficient (Wildman–Crippen LogP) is 0.144. The van der Waals surface area contributed by atoms with E-state index in [9.17, 15) is 56.2 Å². The highest BCUT2D eigenvalue weighted by Crippen LogP contribution is 2.74. The van der Waals surface area contributed by atoms with Crippen LogP contribution < -0.4 is 0 Å². The van der Waals surface area contributed by atoms with Gasteiger partial charge < -0.3 is 84.6 Å². The zero-order valence-corrected chi connectivity index (χ0v) is 38.4. The highest BCUT2D eigenvalue weighted by atomic mass is 16.8. The zero-order chi connectivity index (χ0) is 46.7. The van der Waals surface area contributed by atoms with Crippen molar-refractivity contribution in [2.45, 2.75) is 198 Å². The van der Waals surface area contributed by atoms with E-state index in [0.717, 1.165) is 38.5 Å². The molecule has 0 aromatic rings. The van der Waals surface area contributed by atoms with Gasteiger partial charge in [-0.05, 0) is 91.9 Å². The second-order valence-electron chi connectivity index (χ2n) is 22.6. The fraction of sp³-hybridized carbons (Fsp3) is 0.915. The lowest BCUT2D eigenvalue weighted by atomic mass is 9.35. The summed E-state index contributed by atoms with van der Waals surface area (Å²) in [5, 5.41) is 120. The number of hydrogen-bond donors (Lipinski definition) is 11. The van der Waals surface area contributed by atoms with Crippen LogP contribution in [-0.2, 0) is 28.4 Å². The Labute approximate surface area is 376 Å². The molecule has 8 aliphatic rings. The SMILES string of the molecule is C[C@H]1O[C@@H](OC2CCC3(C)C(CCC4(C)C3C=CC3=C5CC(C)(C)CCC5(CO)C(O)CC34C)C2(C)CO)[C@H](O)[C@@H](O[C@@H]2O[C@H](CO)[C@@H](O)[C@H](O)[C@H]2O[C@H]2OC[C@@H](O)[C@H](O)[C@H]2O)[C@H]1O. The first-order chi connectivity index (χ1) is 30.0. The normalized spacial score (nSPS) is 55.0. The van der Waals surface area contributed by atoms with Crippen LogP contribution in [-0.4, -0.2) is 181 Å². The molecule has 5 aliphatic carbocycles. The van der Waals surface area contributed by atoms with Gasteiger partial charge in [0.05, 0.1) is 44.7 Å². The maximum atomic E-state index is 12.1. The van der Waals surface area contributed by atoms with Gasteiger partial charge in [0.15, 0.2) is 18.9 Å². The molecular formula is C47H76O17. The van der Waals surface area contributed by atoms with Crippen LogP contribution in [0.5, 0.6) is 0 Å². The van der Waals surface area contributed by atoms with Gasteiger partial charge in [-0.3, -0.25) is 0 Å². The van der Waals surface area contributed by atoms with Crippen molar-refractivity contribution >= 4 is 0 Å². The summed E-state index contributed by atoms with van der Waals surface area (Å²) < 4.78 is 36.0. The van der Waals surface area contributed by atoms with E-state index < -0.39 is 122 Å². The van der Waals surface area contributed by atoms with Crippen molar-refractivity contribution in [3.8, 4) is 0 Å². The Hall–Kier alpha value is -1.20. The topological polar surface area (TPSA) is 278 Å². The average Bonchev–Trinajstić information content (AvgIpc) is 3.24. The molecule has 3 saturated heterocycles. The maximum absolute atomic E-state index is 12.1. The summed E-state index contributed by atoms with van der Waals surface area (Å²) in [6.07, 6.45) is -12.5. The Balaban J connectivity index is 1.04. The molecule has 9 unspecified atom stereocenters. The van der Waals surface area contributed by atoms with Crippen molar-refractivity contribution in [3.63, 3.8) is 0 Å². The molecule has 23 atom stereocenters. The Morgan fingerprint density at radius 3 is 2.06 bits per heavy atom. The summed E-state index contributed by atoms with van der Waals surface area (Å²) >= 11 is 0. The van der Waals surface area contributed by atoms with Gasteiger partial charge in [0, 0.05) is 16.2 Å². The minimum atomic E-state index is -1.81. The Morgan fingerprint density at radius 1 is 0.688 bits per heavy atom. The van der Waals surface area contributed by atoms with Crippen LogP contribution in [0.15, 0.2) is 23.3 Å². The predicted molar refractivity (Wildman–Crippen MR) is 225 cm³/mol. The first-order valence-electron chi connectivity index (χ1n) is 23.6. The van der Waals surface area contributed by atoms with Gasteiger partial charge in [0.25, 0.3) is 0 Å². The van der Waals surface area contributed by atoms with Gasteiger partial charge >= 0.3 is 0 Å². The standard InChI is InChI=1S/C47H76O17/c1-22-31(53)37(63-41-38(34(56)33(55)26(18-48)61-41)64-39-35(57)32(54)25(51)19-59-39)36(58)40(60-22)62-30-11-12-43(4)27(44(30,5)20-49)10-13-45(6)28(43)9-8-23-24-16-42(2,3)14-15-47(24,21-50)29(52)17-46(23,45)7/h8-9,22,25-41,48-58H,10-21H2,1-7H3/t22-,25-,26-,27?,28?,29?,30?,31+,32+,33-,34+,35-,36-,37+,38-,39-,40+,41+,43?,44?,45?,46?,47?/m1/s1. The first-order valence-corrected chi connectivity index (χ1v) is 23.6. The molecule has 0 radical (unpaired) electrons. The molecule has 0 aromatic carbocycles. The third-order valence-corrected chi connectivity index (χ3v) is 18.6. The van der Waals surface area contributed by atoms with Crippen LogP contribution in [0.2, 0.25) is 0 Å². The second kappa shape index (κ2) is 17.3. The van der Waals surface area contributed by atoms with E-state index in [-0.39, 0.29) is 46.7 Å². The average molecular weight is 913 g/mol. The van der Waals surface area contributed by atoms with Gasteiger partial charge in [0.1, 0.15) is 61.0 Å². The number of fused-ring (bicyclic) bond motifs is 6. The molecule has 366 valence electrons. The van der Waals surface area contributed by atoms with Crippen LogP contribution in [0, 0.1) is 44.3 Å². The Morgan fingerprint density at radius 2 is 1.39 bits per heavy atom. The quantitative estimate of drug-likeness (QED) is 0.137. The molecule has 11 N–H and O–H groups in total. The summed E-state index contributed by atoms with van der Waals surface area (Å²) in [5.41, 5.74) is 0.174. The van der Waals surface area contributed by atoms with E-state index in [0.29, 0.717) is 12.8 Å². The molecule has 3 heterocycles. The van der Waals surface area contributed by atoms with Crippen LogP contribution in [0.4, 0.5) is 0 Å².